The highest BCUT2D eigenvalue weighted by molar-refractivity contribution is 7.92. The summed E-state index contributed by atoms with van der Waals surface area (Å²) in [7, 11) is -3.66. The van der Waals surface area contributed by atoms with Gasteiger partial charge < -0.3 is 5.32 Å². The molecule has 25 heavy (non-hydrogen) atoms. The molecule has 0 spiro atoms. The van der Waals surface area contributed by atoms with E-state index in [9.17, 15) is 26.4 Å². The lowest BCUT2D eigenvalue weighted by atomic mass is 9.87. The summed E-state index contributed by atoms with van der Waals surface area (Å²) in [6.45, 7) is 4.90. The number of hydrogen-bond acceptors (Lipinski definition) is 3. The molecular weight excluding hydrogens is 381 g/mol. The van der Waals surface area contributed by atoms with Gasteiger partial charge in [0.2, 0.25) is 10.0 Å². The summed E-state index contributed by atoms with van der Waals surface area (Å²) in [6, 6.07) is 1.51. The number of sulfonamides is 1. The minimum Gasteiger partial charge on any atom is -0.340 e. The van der Waals surface area contributed by atoms with Crippen LogP contribution in [0.3, 0.4) is 0 Å². The van der Waals surface area contributed by atoms with E-state index in [0.717, 1.165) is 12.3 Å². The number of rotatable bonds is 5. The Morgan fingerprint density at radius 1 is 1.24 bits per heavy atom. The second-order valence-corrected chi connectivity index (χ2v) is 9.06. The van der Waals surface area contributed by atoms with Crippen LogP contribution in [0, 0.1) is 5.41 Å². The Balaban J connectivity index is 3.07. The predicted octanol–water partition coefficient (Wildman–Crippen LogP) is 3.81. The lowest BCUT2D eigenvalue weighted by molar-refractivity contribution is -0.159. The van der Waals surface area contributed by atoms with Crippen LogP contribution in [0.2, 0.25) is 5.02 Å². The number of alkyl halides is 3. The molecule has 0 saturated heterocycles. The molecular formula is C15H20ClF3N2O3S. The molecule has 0 aromatic heterocycles. The van der Waals surface area contributed by atoms with Crippen molar-refractivity contribution >= 4 is 33.2 Å². The molecule has 0 radical (unpaired) electrons. The van der Waals surface area contributed by atoms with Crippen molar-refractivity contribution in [2.45, 2.75) is 39.4 Å². The third-order valence-corrected chi connectivity index (χ3v) is 3.96. The van der Waals surface area contributed by atoms with Crippen LogP contribution in [-0.2, 0) is 10.0 Å². The maximum atomic E-state index is 13.2. The quantitative estimate of drug-likeness (QED) is 0.789. The Hall–Kier alpha value is -1.48. The summed E-state index contributed by atoms with van der Waals surface area (Å²) < 4.78 is 64.2. The van der Waals surface area contributed by atoms with Gasteiger partial charge in [0.05, 0.1) is 17.0 Å². The van der Waals surface area contributed by atoms with E-state index in [-0.39, 0.29) is 22.7 Å². The van der Waals surface area contributed by atoms with Crippen molar-refractivity contribution in [1.29, 1.82) is 0 Å². The number of amides is 1. The average Bonchev–Trinajstić information content (AvgIpc) is 2.36. The summed E-state index contributed by atoms with van der Waals surface area (Å²) in [5, 5.41) is 1.97. The van der Waals surface area contributed by atoms with Gasteiger partial charge in [0.25, 0.3) is 5.91 Å². The zero-order chi connectivity index (χ0) is 19.6. The molecule has 1 unspecified atom stereocenters. The summed E-state index contributed by atoms with van der Waals surface area (Å²) in [4.78, 5) is 12.2. The van der Waals surface area contributed by atoms with Crippen LogP contribution in [0.5, 0.6) is 0 Å². The van der Waals surface area contributed by atoms with Crippen molar-refractivity contribution < 1.29 is 26.4 Å². The van der Waals surface area contributed by atoms with Crippen LogP contribution in [0.4, 0.5) is 18.9 Å². The largest absolute Gasteiger partial charge is 0.408 e. The smallest absolute Gasteiger partial charge is 0.340 e. The number of anilines is 1. The van der Waals surface area contributed by atoms with Crippen LogP contribution < -0.4 is 10.0 Å². The first-order chi connectivity index (χ1) is 11.1. The van der Waals surface area contributed by atoms with Crippen molar-refractivity contribution in [1.82, 2.24) is 5.32 Å². The number of hydrogen-bond donors (Lipinski definition) is 2. The van der Waals surface area contributed by atoms with E-state index in [4.69, 9.17) is 11.6 Å². The maximum absolute atomic E-state index is 13.2. The molecule has 2 N–H and O–H groups in total. The Morgan fingerprint density at radius 3 is 2.24 bits per heavy atom. The second kappa shape index (κ2) is 7.41. The SMILES string of the molecule is CC(C)(C)CC(NC(=O)c1ccc(Cl)c(NS(C)(=O)=O)c1)C(F)(F)F. The zero-order valence-electron chi connectivity index (χ0n) is 14.2. The molecule has 0 heterocycles. The standard InChI is InChI=1S/C15H20ClF3N2O3S/c1-14(2,3)8-12(15(17,18)19)20-13(22)9-5-6-10(16)11(7-9)21-25(4,23)24/h5-7,12,21H,8H2,1-4H3,(H,20,22). The highest BCUT2D eigenvalue weighted by Crippen LogP contribution is 2.31. The lowest BCUT2D eigenvalue weighted by Crippen LogP contribution is -2.47. The fraction of sp³-hybridized carbons (Fsp3) is 0.533. The lowest BCUT2D eigenvalue weighted by Gasteiger charge is -2.28. The van der Waals surface area contributed by atoms with Crippen molar-refractivity contribution in [2.75, 3.05) is 11.0 Å². The van der Waals surface area contributed by atoms with Crippen molar-refractivity contribution in [2.24, 2.45) is 5.41 Å². The monoisotopic (exact) mass is 400 g/mol. The highest BCUT2D eigenvalue weighted by Gasteiger charge is 2.42. The fourth-order valence-electron chi connectivity index (χ4n) is 2.05. The molecule has 0 saturated carbocycles. The topological polar surface area (TPSA) is 75.3 Å². The van der Waals surface area contributed by atoms with Gasteiger partial charge in [-0.15, -0.1) is 0 Å². The molecule has 10 heteroatoms. The number of carbonyl (C=O) groups is 1. The van der Waals surface area contributed by atoms with Gasteiger partial charge >= 0.3 is 6.18 Å². The van der Waals surface area contributed by atoms with Gasteiger partial charge in [0, 0.05) is 5.56 Å². The number of halogens is 4. The van der Waals surface area contributed by atoms with E-state index in [1.165, 1.54) is 12.1 Å². The molecule has 142 valence electrons. The third-order valence-electron chi connectivity index (χ3n) is 3.04. The number of benzene rings is 1. The minimum atomic E-state index is -4.61. The van der Waals surface area contributed by atoms with E-state index in [1.54, 1.807) is 20.8 Å². The van der Waals surface area contributed by atoms with E-state index < -0.39 is 33.6 Å². The van der Waals surface area contributed by atoms with Crippen LogP contribution in [-0.4, -0.2) is 32.8 Å². The predicted molar refractivity (Wildman–Crippen MR) is 91.3 cm³/mol. The molecule has 0 aliphatic rings. The van der Waals surface area contributed by atoms with E-state index in [1.807, 2.05) is 5.32 Å². The summed E-state index contributed by atoms with van der Waals surface area (Å²) in [5.74, 6) is -0.972. The van der Waals surface area contributed by atoms with Crippen LogP contribution >= 0.6 is 11.6 Å². The van der Waals surface area contributed by atoms with Crippen molar-refractivity contribution in [3.63, 3.8) is 0 Å². The molecule has 0 fully saturated rings. The van der Waals surface area contributed by atoms with Gasteiger partial charge in [-0.05, 0) is 30.0 Å². The number of nitrogens with one attached hydrogen (secondary N) is 2. The molecule has 0 aliphatic carbocycles. The Labute approximate surface area is 150 Å². The first-order valence-electron chi connectivity index (χ1n) is 7.23. The van der Waals surface area contributed by atoms with Gasteiger partial charge in [-0.2, -0.15) is 13.2 Å². The molecule has 1 amide bonds. The maximum Gasteiger partial charge on any atom is 0.408 e. The van der Waals surface area contributed by atoms with Crippen molar-refractivity contribution in [3.8, 4) is 0 Å². The molecule has 5 nitrogen and oxygen atoms in total. The second-order valence-electron chi connectivity index (χ2n) is 6.90. The highest BCUT2D eigenvalue weighted by atomic mass is 35.5. The van der Waals surface area contributed by atoms with E-state index in [0.29, 0.717) is 0 Å². The van der Waals surface area contributed by atoms with Gasteiger partial charge in [-0.3, -0.25) is 9.52 Å². The summed E-state index contributed by atoms with van der Waals surface area (Å²) in [6.07, 6.45) is -4.02. The van der Waals surface area contributed by atoms with Gasteiger partial charge in [0.1, 0.15) is 6.04 Å². The van der Waals surface area contributed by atoms with E-state index in [2.05, 4.69) is 4.72 Å². The molecule has 1 rings (SSSR count). The molecule has 1 aromatic carbocycles. The Kier molecular flexibility index (Phi) is 6.39. The van der Waals surface area contributed by atoms with Crippen LogP contribution in [0.1, 0.15) is 37.6 Å². The molecule has 0 bridgehead atoms. The molecule has 1 aromatic rings. The third kappa shape index (κ3) is 7.52. The average molecular weight is 401 g/mol. The van der Waals surface area contributed by atoms with E-state index >= 15 is 0 Å². The van der Waals surface area contributed by atoms with Crippen LogP contribution in [0.25, 0.3) is 0 Å². The van der Waals surface area contributed by atoms with Gasteiger partial charge in [-0.25, -0.2) is 8.42 Å². The minimum absolute atomic E-state index is 0.0176. The Bertz CT molecular complexity index is 743. The zero-order valence-corrected chi connectivity index (χ0v) is 15.7. The van der Waals surface area contributed by atoms with Gasteiger partial charge in [0.15, 0.2) is 0 Å². The molecule has 1 atom stereocenters. The normalized spacial score (nSPS) is 14.1. The molecule has 0 aliphatic heterocycles. The first kappa shape index (κ1) is 21.6. The number of carbonyl (C=O) groups excluding carboxylic acids is 1. The first-order valence-corrected chi connectivity index (χ1v) is 9.50. The van der Waals surface area contributed by atoms with Crippen molar-refractivity contribution in [3.05, 3.63) is 28.8 Å². The fourth-order valence-corrected chi connectivity index (χ4v) is 2.84. The van der Waals surface area contributed by atoms with Gasteiger partial charge in [-0.1, -0.05) is 32.4 Å². The van der Waals surface area contributed by atoms with Crippen LogP contribution in [0.15, 0.2) is 18.2 Å². The summed E-state index contributed by atoms with van der Waals surface area (Å²) >= 11 is 5.83. The Morgan fingerprint density at radius 2 is 1.80 bits per heavy atom. The summed E-state index contributed by atoms with van der Waals surface area (Å²) in [5.41, 5.74) is -0.883.